The summed E-state index contributed by atoms with van der Waals surface area (Å²) in [5, 5.41) is 6.13. The number of hydrogen-bond donors (Lipinski definition) is 1. The zero-order valence-corrected chi connectivity index (χ0v) is 14.3. The molecule has 2 aliphatic rings. The maximum atomic E-state index is 6.14. The van der Waals surface area contributed by atoms with Gasteiger partial charge in [0.15, 0.2) is 0 Å². The largest absolute Gasteiger partial charge is 0.375 e. The number of aryl methyl sites for hydroxylation is 1. The molecule has 0 amide bonds. The molecule has 3 heteroatoms. The predicted octanol–water partition coefficient (Wildman–Crippen LogP) is 4.70. The molecule has 1 aliphatic carbocycles. The third-order valence-corrected chi connectivity index (χ3v) is 6.37. The van der Waals surface area contributed by atoms with E-state index in [2.05, 4.69) is 30.6 Å². The first-order valence-electron chi connectivity index (χ1n) is 8.71. The Morgan fingerprint density at radius 1 is 1.43 bits per heavy atom. The van der Waals surface area contributed by atoms with Gasteiger partial charge in [-0.05, 0) is 74.4 Å². The summed E-state index contributed by atoms with van der Waals surface area (Å²) in [5.74, 6) is 0.745. The van der Waals surface area contributed by atoms with Crippen molar-refractivity contribution in [1.29, 1.82) is 0 Å². The lowest BCUT2D eigenvalue weighted by Crippen LogP contribution is -2.48. The average Bonchev–Trinajstić information content (AvgIpc) is 2.95. The molecule has 21 heavy (non-hydrogen) atoms. The first-order chi connectivity index (χ1) is 10.3. The summed E-state index contributed by atoms with van der Waals surface area (Å²) in [6.45, 7) is 6.62. The van der Waals surface area contributed by atoms with Crippen LogP contribution in [0.2, 0.25) is 0 Å². The Hall–Kier alpha value is -0.380. The summed E-state index contributed by atoms with van der Waals surface area (Å²) in [6.07, 6.45) is 8.76. The summed E-state index contributed by atoms with van der Waals surface area (Å²) >= 11 is 1.95. The smallest absolute Gasteiger partial charge is 0.0686 e. The first kappa shape index (κ1) is 15.5. The number of rotatable bonds is 6. The molecule has 118 valence electrons. The molecule has 1 aliphatic heterocycles. The van der Waals surface area contributed by atoms with E-state index in [1.165, 1.54) is 38.5 Å². The van der Waals surface area contributed by atoms with E-state index in [9.17, 15) is 0 Å². The van der Waals surface area contributed by atoms with E-state index < -0.39 is 0 Å². The van der Waals surface area contributed by atoms with Crippen LogP contribution in [-0.2, 0) is 11.2 Å². The van der Waals surface area contributed by atoms with Crippen LogP contribution >= 0.6 is 11.3 Å². The summed E-state index contributed by atoms with van der Waals surface area (Å²) in [4.78, 5) is 1.59. The van der Waals surface area contributed by atoms with Crippen LogP contribution in [0.25, 0.3) is 0 Å². The van der Waals surface area contributed by atoms with Crippen LogP contribution in [-0.4, -0.2) is 18.8 Å². The van der Waals surface area contributed by atoms with E-state index in [0.717, 1.165) is 25.5 Å². The SMILES string of the molecule is CCCNC(c1sccc1CC)C1CCOC2(CCC2)C1. The molecule has 0 aromatic carbocycles. The minimum atomic E-state index is 0.249. The monoisotopic (exact) mass is 307 g/mol. The van der Waals surface area contributed by atoms with Gasteiger partial charge in [0, 0.05) is 17.5 Å². The minimum absolute atomic E-state index is 0.249. The standard InChI is InChI=1S/C18H29NOS/c1-3-10-19-16(17-14(4-2)7-12-21-17)15-6-11-20-18(13-15)8-5-9-18/h7,12,15-16,19H,3-6,8-11,13H2,1-2H3. The topological polar surface area (TPSA) is 21.3 Å². The van der Waals surface area contributed by atoms with Crippen molar-refractivity contribution in [1.82, 2.24) is 5.32 Å². The van der Waals surface area contributed by atoms with Crippen LogP contribution in [0.3, 0.4) is 0 Å². The van der Waals surface area contributed by atoms with Crippen molar-refractivity contribution >= 4 is 11.3 Å². The normalized spacial score (nSPS) is 25.7. The van der Waals surface area contributed by atoms with Crippen molar-refractivity contribution in [3.8, 4) is 0 Å². The fourth-order valence-electron chi connectivity index (χ4n) is 3.96. The molecule has 2 heterocycles. The highest BCUT2D eigenvalue weighted by molar-refractivity contribution is 7.10. The molecule has 1 spiro atoms. The summed E-state index contributed by atoms with van der Waals surface area (Å²) in [7, 11) is 0. The maximum absolute atomic E-state index is 6.14. The number of thiophene rings is 1. The summed E-state index contributed by atoms with van der Waals surface area (Å²) in [6, 6.07) is 2.86. The van der Waals surface area contributed by atoms with E-state index in [4.69, 9.17) is 4.74 Å². The molecule has 2 unspecified atom stereocenters. The molecule has 1 aromatic rings. The molecule has 3 rings (SSSR count). The highest BCUT2D eigenvalue weighted by Crippen LogP contribution is 2.48. The van der Waals surface area contributed by atoms with Gasteiger partial charge in [0.25, 0.3) is 0 Å². The molecule has 0 radical (unpaired) electrons. The van der Waals surface area contributed by atoms with Gasteiger partial charge in [-0.2, -0.15) is 0 Å². The van der Waals surface area contributed by atoms with Crippen molar-refractivity contribution < 1.29 is 4.74 Å². The molecular weight excluding hydrogens is 278 g/mol. The first-order valence-corrected chi connectivity index (χ1v) is 9.59. The van der Waals surface area contributed by atoms with Crippen LogP contribution in [0.5, 0.6) is 0 Å². The number of nitrogens with one attached hydrogen (secondary N) is 1. The Morgan fingerprint density at radius 3 is 2.95 bits per heavy atom. The van der Waals surface area contributed by atoms with Crippen molar-refractivity contribution in [2.45, 2.75) is 70.4 Å². The molecule has 1 saturated heterocycles. The second-order valence-corrected chi connectivity index (χ2v) is 7.68. The van der Waals surface area contributed by atoms with Gasteiger partial charge in [0.1, 0.15) is 0 Å². The molecule has 2 nitrogen and oxygen atoms in total. The zero-order valence-electron chi connectivity index (χ0n) is 13.5. The van der Waals surface area contributed by atoms with Crippen LogP contribution in [0.1, 0.15) is 68.9 Å². The van der Waals surface area contributed by atoms with Crippen molar-refractivity contribution in [3.63, 3.8) is 0 Å². The lowest BCUT2D eigenvalue weighted by molar-refractivity contribution is -0.147. The molecule has 0 bridgehead atoms. The Kier molecular flexibility index (Phi) is 5.03. The predicted molar refractivity (Wildman–Crippen MR) is 90.0 cm³/mol. The maximum Gasteiger partial charge on any atom is 0.0686 e. The van der Waals surface area contributed by atoms with Gasteiger partial charge in [-0.3, -0.25) is 0 Å². The highest BCUT2D eigenvalue weighted by atomic mass is 32.1. The number of ether oxygens (including phenoxy) is 1. The van der Waals surface area contributed by atoms with Gasteiger partial charge < -0.3 is 10.1 Å². The van der Waals surface area contributed by atoms with Gasteiger partial charge in [-0.1, -0.05) is 13.8 Å². The Balaban J connectivity index is 1.78. The highest BCUT2D eigenvalue weighted by Gasteiger charge is 2.44. The molecular formula is C18H29NOS. The molecule has 1 aromatic heterocycles. The van der Waals surface area contributed by atoms with Gasteiger partial charge in [-0.25, -0.2) is 0 Å². The Morgan fingerprint density at radius 2 is 2.29 bits per heavy atom. The van der Waals surface area contributed by atoms with Crippen LogP contribution in [0.4, 0.5) is 0 Å². The van der Waals surface area contributed by atoms with E-state index in [0.29, 0.717) is 6.04 Å². The van der Waals surface area contributed by atoms with Crippen LogP contribution in [0.15, 0.2) is 11.4 Å². The lowest BCUT2D eigenvalue weighted by Gasteiger charge is -2.49. The van der Waals surface area contributed by atoms with Crippen molar-refractivity contribution in [2.24, 2.45) is 5.92 Å². The Bertz CT molecular complexity index is 452. The Labute approximate surface area is 133 Å². The van der Waals surface area contributed by atoms with Gasteiger partial charge >= 0.3 is 0 Å². The number of hydrogen-bond acceptors (Lipinski definition) is 3. The van der Waals surface area contributed by atoms with E-state index in [1.54, 1.807) is 10.4 Å². The van der Waals surface area contributed by atoms with Gasteiger partial charge in [0.2, 0.25) is 0 Å². The molecule has 2 fully saturated rings. The molecule has 1 saturated carbocycles. The third kappa shape index (κ3) is 3.20. The third-order valence-electron chi connectivity index (χ3n) is 5.33. The lowest BCUT2D eigenvalue weighted by atomic mass is 9.70. The van der Waals surface area contributed by atoms with Gasteiger partial charge in [-0.15, -0.1) is 11.3 Å². The van der Waals surface area contributed by atoms with Crippen LogP contribution in [0, 0.1) is 5.92 Å². The van der Waals surface area contributed by atoms with Gasteiger partial charge in [0.05, 0.1) is 5.60 Å². The van der Waals surface area contributed by atoms with E-state index >= 15 is 0 Å². The fraction of sp³-hybridized carbons (Fsp3) is 0.778. The fourth-order valence-corrected chi connectivity index (χ4v) is 5.12. The van der Waals surface area contributed by atoms with Crippen LogP contribution < -0.4 is 5.32 Å². The summed E-state index contributed by atoms with van der Waals surface area (Å²) < 4.78 is 6.14. The molecule has 1 N–H and O–H groups in total. The quantitative estimate of drug-likeness (QED) is 0.822. The second-order valence-electron chi connectivity index (χ2n) is 6.73. The van der Waals surface area contributed by atoms with Crippen molar-refractivity contribution in [2.75, 3.05) is 13.2 Å². The second kappa shape index (κ2) is 6.80. The molecule has 2 atom stereocenters. The summed E-state index contributed by atoms with van der Waals surface area (Å²) in [5.41, 5.74) is 1.79. The zero-order chi connectivity index (χ0) is 14.7. The van der Waals surface area contributed by atoms with E-state index in [1.807, 2.05) is 11.3 Å². The van der Waals surface area contributed by atoms with Crippen molar-refractivity contribution in [3.05, 3.63) is 21.9 Å². The van der Waals surface area contributed by atoms with E-state index in [-0.39, 0.29) is 5.60 Å². The average molecular weight is 308 g/mol. The minimum Gasteiger partial charge on any atom is -0.375 e.